The number of nitrogens with two attached hydrogens (primary N) is 1. The molecule has 2 aliphatic rings. The summed E-state index contributed by atoms with van der Waals surface area (Å²) in [4.78, 5) is 63.3. The second-order valence-corrected chi connectivity index (χ2v) is 14.4. The Labute approximate surface area is 332 Å². The predicted molar refractivity (Wildman–Crippen MR) is 160 cm³/mol. The third-order valence-corrected chi connectivity index (χ3v) is 11.0. The molecule has 2 aromatic heterocycles. The molecule has 2 atom stereocenters. The van der Waals surface area contributed by atoms with Crippen molar-refractivity contribution in [2.45, 2.75) is 21.5 Å². The van der Waals surface area contributed by atoms with Gasteiger partial charge in [0.15, 0.2) is 27.5 Å². The van der Waals surface area contributed by atoms with Crippen LogP contribution < -0.4 is 85.9 Å². The fourth-order valence-electron chi connectivity index (χ4n) is 4.22. The molecule has 4 heterocycles. The molecule has 3 aromatic rings. The normalized spacial score (nSPS) is 17.3. The van der Waals surface area contributed by atoms with Crippen LogP contribution in [0.4, 0.5) is 5.13 Å². The number of phenolic OH excluding ortho intramolecular Hbond substituents is 2. The number of oxime groups is 1. The van der Waals surface area contributed by atoms with Gasteiger partial charge in [-0.05, 0) is 17.7 Å². The topological polar surface area (TPSA) is 295 Å². The molecule has 25 heteroatoms. The van der Waals surface area contributed by atoms with Gasteiger partial charge in [0, 0.05) is 30.0 Å². The number of aryl methyl sites for hydroxylation is 1. The summed E-state index contributed by atoms with van der Waals surface area (Å²) in [6.07, 6.45) is 0. The molecule has 19 nitrogen and oxygen atoms in total. The molecule has 49 heavy (non-hydrogen) atoms. The molecule has 5 rings (SSSR count). The Morgan fingerprint density at radius 3 is 2.57 bits per heavy atom. The standard InChI is InChI=1S/C24H22N8O11S4.2Na/c1-31-24(28-18(36)19(37)29-31)46-6-9-5-44-21-15(20(38)32(21)16(9)22(39)40)27-17(35)14(11-7-45-23(25)26-11)30-43-8-47(41,42)10-2-3-12(33)13(34)4-10;;/h2-4,7,15,21,33-34H,5-6,8H2,1H3,(H2,25,26)(H,27,35)(H,29,37)(H,39,40);;/q;2*+1/p-2/b30-14-;;/t15-,21-;;/m1../s1. The molecule has 0 unspecified atom stereocenters. The van der Waals surface area contributed by atoms with E-state index in [0.717, 1.165) is 62.6 Å². The number of nitrogens with zero attached hydrogens (tertiary/aromatic N) is 6. The number of amides is 2. The van der Waals surface area contributed by atoms with E-state index in [1.807, 2.05) is 0 Å². The van der Waals surface area contributed by atoms with Gasteiger partial charge in [-0.1, -0.05) is 16.9 Å². The molecular weight excluding hydrogens is 751 g/mol. The van der Waals surface area contributed by atoms with Gasteiger partial charge in [0.05, 0.1) is 22.4 Å². The molecule has 5 N–H and O–H groups in total. The quantitative estimate of drug-likeness (QED) is 0.0351. The maximum Gasteiger partial charge on any atom is 1.00 e. The molecular formula is C24H20N8Na2O11S4. The van der Waals surface area contributed by atoms with Crippen LogP contribution in [0.5, 0.6) is 17.4 Å². The number of hydrogen-bond acceptors (Lipinski definition) is 19. The van der Waals surface area contributed by atoms with E-state index < -0.39 is 84.2 Å². The van der Waals surface area contributed by atoms with Crippen molar-refractivity contribution >= 4 is 73.3 Å². The monoisotopic (exact) mass is 770 g/mol. The summed E-state index contributed by atoms with van der Waals surface area (Å²) >= 11 is 2.98. The zero-order valence-electron chi connectivity index (χ0n) is 25.5. The number of sulfone groups is 1. The van der Waals surface area contributed by atoms with Crippen LogP contribution in [0.15, 0.2) is 54.9 Å². The fraction of sp³-hybridized carbons (Fsp3) is 0.250. The molecule has 0 aliphatic carbocycles. The molecule has 0 spiro atoms. The first kappa shape index (κ1) is 40.6. The van der Waals surface area contributed by atoms with Crippen LogP contribution in [0.2, 0.25) is 0 Å². The van der Waals surface area contributed by atoms with E-state index in [-0.39, 0.29) is 92.2 Å². The Bertz CT molecular complexity index is 2040. The number of hydrogen-bond donors (Lipinski definition) is 4. The second-order valence-electron chi connectivity index (χ2n) is 9.54. The number of aliphatic carboxylic acids is 1. The number of fused-ring (bicyclic) bond motifs is 1. The number of carbonyl (C=O) groups excluding carboxylic acids is 3. The average molecular weight is 771 g/mol. The fourth-order valence-corrected chi connectivity index (χ4v) is 8.06. The Morgan fingerprint density at radius 1 is 1.22 bits per heavy atom. The van der Waals surface area contributed by atoms with E-state index in [4.69, 9.17) is 10.6 Å². The van der Waals surface area contributed by atoms with Gasteiger partial charge in [0.2, 0.25) is 15.8 Å². The van der Waals surface area contributed by atoms with Crippen molar-refractivity contribution in [2.24, 2.45) is 12.2 Å². The summed E-state index contributed by atoms with van der Waals surface area (Å²) in [6.45, 7) is 0. The first-order valence-corrected chi connectivity index (χ1v) is 17.3. The van der Waals surface area contributed by atoms with Crippen molar-refractivity contribution in [3.63, 3.8) is 0 Å². The maximum absolute atomic E-state index is 13.3. The van der Waals surface area contributed by atoms with Crippen LogP contribution in [0.3, 0.4) is 0 Å². The van der Waals surface area contributed by atoms with Gasteiger partial charge in [0.1, 0.15) is 17.1 Å². The first-order chi connectivity index (χ1) is 22.2. The van der Waals surface area contributed by atoms with E-state index in [0.29, 0.717) is 0 Å². The zero-order valence-corrected chi connectivity index (χ0v) is 32.8. The van der Waals surface area contributed by atoms with Gasteiger partial charge >= 0.3 is 59.1 Å². The van der Waals surface area contributed by atoms with Crippen molar-refractivity contribution in [1.29, 1.82) is 0 Å². The molecule has 1 fully saturated rings. The third kappa shape index (κ3) is 8.72. The number of aromatic hydroxyl groups is 2. The Balaban J connectivity index is 0.00000325. The van der Waals surface area contributed by atoms with E-state index in [1.165, 1.54) is 12.4 Å². The number of nitrogens with one attached hydrogen (secondary N) is 1. The minimum absolute atomic E-state index is 0. The number of aromatic nitrogens is 4. The number of carbonyl (C=O) groups is 3. The van der Waals surface area contributed by atoms with Crippen LogP contribution in [0.25, 0.3) is 0 Å². The second kappa shape index (κ2) is 16.4. The molecule has 0 saturated carbocycles. The smallest absolute Gasteiger partial charge is 0.854 e. The van der Waals surface area contributed by atoms with Crippen LogP contribution >= 0.6 is 34.9 Å². The van der Waals surface area contributed by atoms with E-state index in [1.54, 1.807) is 0 Å². The number of nitrogen functional groups attached to an aromatic ring is 1. The Kier molecular flexibility index (Phi) is 13.6. The number of thioether (sulfide) groups is 2. The number of thiazole rings is 1. The molecule has 2 aliphatic heterocycles. The molecule has 1 saturated heterocycles. The number of phenols is 2. The van der Waals surface area contributed by atoms with Gasteiger partial charge in [-0.15, -0.1) is 23.1 Å². The molecule has 1 aromatic carbocycles. The van der Waals surface area contributed by atoms with E-state index in [2.05, 4.69) is 25.5 Å². The summed E-state index contributed by atoms with van der Waals surface area (Å²) in [7, 11) is -2.85. The average Bonchev–Trinajstić information content (AvgIpc) is 3.45. The molecule has 248 valence electrons. The number of anilines is 1. The molecule has 0 radical (unpaired) electrons. The summed E-state index contributed by atoms with van der Waals surface area (Å²) in [5.41, 5.74) is 3.77. The third-order valence-electron chi connectivity index (χ3n) is 6.45. The van der Waals surface area contributed by atoms with Crippen molar-refractivity contribution in [2.75, 3.05) is 23.2 Å². The number of carboxylic acid groups (broad SMARTS) is 1. The minimum atomic E-state index is -4.23. The van der Waals surface area contributed by atoms with Gasteiger partial charge < -0.3 is 41.1 Å². The minimum Gasteiger partial charge on any atom is -0.854 e. The number of β-lactam (4-membered cyclic amide) rings is 1. The van der Waals surface area contributed by atoms with Gasteiger partial charge in [-0.25, -0.2) is 18.1 Å². The maximum atomic E-state index is 13.3. The van der Waals surface area contributed by atoms with Gasteiger partial charge in [-0.3, -0.25) is 19.3 Å². The van der Waals surface area contributed by atoms with Crippen molar-refractivity contribution in [3.8, 4) is 17.4 Å². The van der Waals surface area contributed by atoms with Crippen molar-refractivity contribution in [1.82, 2.24) is 30.0 Å². The predicted octanol–water partition coefficient (Wildman–Crippen LogP) is -8.94. The first-order valence-electron chi connectivity index (χ1n) is 12.8. The van der Waals surface area contributed by atoms with Crippen LogP contribution in [0, 0.1) is 0 Å². The summed E-state index contributed by atoms with van der Waals surface area (Å²) < 4.78 is 26.3. The van der Waals surface area contributed by atoms with Crippen LogP contribution in [-0.2, 0) is 36.1 Å². The van der Waals surface area contributed by atoms with Crippen molar-refractivity contribution in [3.05, 3.63) is 50.9 Å². The molecule has 2 amide bonds. The van der Waals surface area contributed by atoms with Crippen LogP contribution in [0.1, 0.15) is 5.69 Å². The van der Waals surface area contributed by atoms with E-state index in [9.17, 15) is 48.0 Å². The summed E-state index contributed by atoms with van der Waals surface area (Å²) in [6, 6.07) is 1.53. The van der Waals surface area contributed by atoms with Gasteiger partial charge in [-0.2, -0.15) is 10.1 Å². The number of rotatable bonds is 11. The zero-order chi connectivity index (χ0) is 34.2. The summed E-state index contributed by atoms with van der Waals surface area (Å²) in [5, 5.41) is 52.7. The number of benzene rings is 1. The Morgan fingerprint density at radius 2 is 1.94 bits per heavy atom. The SMILES string of the molecule is Cn1nc([O-])c(=O)nc1SCC1=C(C(=O)[O-])N2C(=O)[C@@H](NC(=O)/C(=N\OCS(=O)(=O)c3ccc(O)c(O)c3)c3csc(N)n3)[C@H]2SC1.[Na+].[Na+]. The largest absolute Gasteiger partial charge is 1.00 e. The van der Waals surface area contributed by atoms with Gasteiger partial charge in [0.25, 0.3) is 17.4 Å². The number of carboxylic acids is 1. The molecule has 0 bridgehead atoms. The Hall–Kier alpha value is -2.87. The van der Waals surface area contributed by atoms with Crippen molar-refractivity contribution < 1.29 is 107 Å². The van der Waals surface area contributed by atoms with Crippen LogP contribution in [-0.4, -0.2) is 95.6 Å². The summed E-state index contributed by atoms with van der Waals surface area (Å²) in [5.74, 6) is -6.82. The van der Waals surface area contributed by atoms with E-state index >= 15 is 0 Å².